The van der Waals surface area contributed by atoms with Gasteiger partial charge in [-0.15, -0.1) is 0 Å². The minimum atomic E-state index is -1.22. The molecule has 0 radical (unpaired) electrons. The molecule has 0 amide bonds. The van der Waals surface area contributed by atoms with Crippen LogP contribution in [0.5, 0.6) is 0 Å². The van der Waals surface area contributed by atoms with Crippen molar-refractivity contribution in [2.45, 2.75) is 89.8 Å². The molecule has 7 nitrogen and oxygen atoms in total. The lowest BCUT2D eigenvalue weighted by Gasteiger charge is -2.60. The Morgan fingerprint density at radius 2 is 2.02 bits per heavy atom. The Labute approximate surface area is 234 Å². The maximum Gasteiger partial charge on any atom is 0.193 e. The first kappa shape index (κ1) is 26.5. The molecule has 5 aliphatic rings. The molecule has 3 saturated carbocycles. The largest absolute Gasteiger partial charge is 0.393 e. The number of aliphatic hydroxyl groups is 2. The smallest absolute Gasteiger partial charge is 0.193 e. The van der Waals surface area contributed by atoms with Gasteiger partial charge in [-0.05, 0) is 97.6 Å². The number of rotatable bonds is 5. The molecule has 4 aliphatic carbocycles. The molecule has 1 aliphatic heterocycles. The lowest BCUT2D eigenvalue weighted by atomic mass is 9.45. The summed E-state index contributed by atoms with van der Waals surface area (Å²) in [6, 6.07) is 6.39. The highest BCUT2D eigenvalue weighted by Crippen LogP contribution is 2.70. The fraction of sp³-hybridized carbons (Fsp3) is 0.625. The van der Waals surface area contributed by atoms with Gasteiger partial charge in [0.15, 0.2) is 17.7 Å². The van der Waals surface area contributed by atoms with Crippen LogP contribution in [0.3, 0.4) is 0 Å². The standard InChI is InChI=1S/C32H39FN2O5/c1-4-5-28-39-27-13-23-22-11-6-19-12-24-18(16-34-35(24)21-9-7-20(33)8-10-21)14-30(19,2)29(22)25(37)15-31(23,3)32(27,40-28)26(38)17-36/h7-10,12,16,22-23,25,27-29,36-37H,4-6,11,13-15,17H2,1-3H3/t22-,23-,25-,27+,28+,29+,30-,31-,32+/m0/s1. The summed E-state index contributed by atoms with van der Waals surface area (Å²) in [5.41, 5.74) is 2.22. The summed E-state index contributed by atoms with van der Waals surface area (Å²) in [5, 5.41) is 26.7. The van der Waals surface area contributed by atoms with Gasteiger partial charge >= 0.3 is 0 Å². The summed E-state index contributed by atoms with van der Waals surface area (Å²) in [6.45, 7) is 5.86. The van der Waals surface area contributed by atoms with Crippen LogP contribution >= 0.6 is 0 Å². The first-order valence-electron chi connectivity index (χ1n) is 14.9. The predicted octanol–water partition coefficient (Wildman–Crippen LogP) is 4.62. The molecule has 40 heavy (non-hydrogen) atoms. The average Bonchev–Trinajstić information content (AvgIpc) is 3.56. The van der Waals surface area contributed by atoms with Gasteiger partial charge in [-0.3, -0.25) is 4.79 Å². The van der Waals surface area contributed by atoms with Crippen molar-refractivity contribution in [2.75, 3.05) is 6.61 Å². The van der Waals surface area contributed by atoms with Gasteiger partial charge < -0.3 is 19.7 Å². The normalized spacial score (nSPS) is 41.4. The zero-order valence-electron chi connectivity index (χ0n) is 23.5. The quantitative estimate of drug-likeness (QED) is 0.565. The van der Waals surface area contributed by atoms with Crippen molar-refractivity contribution in [3.05, 3.63) is 53.1 Å². The second-order valence-electron chi connectivity index (χ2n) is 13.2. The van der Waals surface area contributed by atoms with Crippen molar-refractivity contribution in [2.24, 2.45) is 28.6 Å². The fourth-order valence-electron chi connectivity index (χ4n) is 9.77. The van der Waals surface area contributed by atoms with Crippen LogP contribution in [0, 0.1) is 34.4 Å². The van der Waals surface area contributed by atoms with E-state index in [1.165, 1.54) is 17.7 Å². The number of aromatic nitrogens is 2. The van der Waals surface area contributed by atoms with E-state index in [9.17, 15) is 19.4 Å². The number of hydrogen-bond donors (Lipinski definition) is 2. The van der Waals surface area contributed by atoms with Crippen molar-refractivity contribution in [3.63, 3.8) is 0 Å². The summed E-state index contributed by atoms with van der Waals surface area (Å²) >= 11 is 0. The number of benzene rings is 1. The van der Waals surface area contributed by atoms with Crippen molar-refractivity contribution in [1.29, 1.82) is 0 Å². The Bertz CT molecular complexity index is 1370. The Hall–Kier alpha value is -2.39. The van der Waals surface area contributed by atoms with E-state index in [1.807, 2.05) is 10.9 Å². The topological polar surface area (TPSA) is 93.8 Å². The van der Waals surface area contributed by atoms with Gasteiger partial charge in [0.25, 0.3) is 0 Å². The van der Waals surface area contributed by atoms with Crippen molar-refractivity contribution >= 4 is 11.9 Å². The van der Waals surface area contributed by atoms with Crippen LogP contribution in [0.15, 0.2) is 36.0 Å². The molecule has 9 atom stereocenters. The fourth-order valence-corrected chi connectivity index (χ4v) is 9.77. The summed E-state index contributed by atoms with van der Waals surface area (Å²) in [6.07, 6.45) is 7.98. The lowest BCUT2D eigenvalue weighted by molar-refractivity contribution is -0.202. The van der Waals surface area contributed by atoms with E-state index in [1.54, 1.807) is 12.1 Å². The van der Waals surface area contributed by atoms with E-state index in [-0.39, 0.29) is 34.8 Å². The van der Waals surface area contributed by atoms with Crippen LogP contribution in [0.2, 0.25) is 0 Å². The number of carbonyl (C=O) groups excluding carboxylic acids is 1. The summed E-state index contributed by atoms with van der Waals surface area (Å²) < 4.78 is 28.3. The number of hydrogen-bond acceptors (Lipinski definition) is 6. The first-order valence-corrected chi connectivity index (χ1v) is 14.9. The van der Waals surface area contributed by atoms with Gasteiger partial charge in [-0.25, -0.2) is 9.07 Å². The summed E-state index contributed by atoms with van der Waals surface area (Å²) in [5.74, 6) is -0.215. The number of halogens is 1. The molecule has 1 aromatic carbocycles. The summed E-state index contributed by atoms with van der Waals surface area (Å²) in [4.78, 5) is 13.5. The van der Waals surface area contributed by atoms with Crippen LogP contribution in [-0.4, -0.2) is 56.5 Å². The number of nitrogens with zero attached hydrogens (tertiary/aromatic N) is 2. The minimum absolute atomic E-state index is 0.0273. The van der Waals surface area contributed by atoms with Gasteiger partial charge in [0.1, 0.15) is 12.4 Å². The average molecular weight is 551 g/mol. The summed E-state index contributed by atoms with van der Waals surface area (Å²) in [7, 11) is 0. The molecule has 7 rings (SSSR count). The molecule has 2 N–H and O–H groups in total. The Balaban J connectivity index is 1.24. The maximum absolute atomic E-state index is 13.6. The molecule has 4 fully saturated rings. The van der Waals surface area contributed by atoms with E-state index in [4.69, 9.17) is 9.47 Å². The van der Waals surface area contributed by atoms with Crippen LogP contribution in [0.1, 0.15) is 70.6 Å². The highest BCUT2D eigenvalue weighted by molar-refractivity contribution is 5.91. The second kappa shape index (κ2) is 9.05. The number of Topliss-reactive ketones (excluding diaryl/α,β-unsaturated/α-hetero) is 1. The zero-order chi connectivity index (χ0) is 28.0. The van der Waals surface area contributed by atoms with Crippen LogP contribution in [-0.2, 0) is 20.7 Å². The van der Waals surface area contributed by atoms with E-state index in [0.29, 0.717) is 19.3 Å². The van der Waals surface area contributed by atoms with Crippen molar-refractivity contribution in [1.82, 2.24) is 9.78 Å². The van der Waals surface area contributed by atoms with Gasteiger partial charge in [0.2, 0.25) is 0 Å². The Morgan fingerprint density at radius 1 is 1.25 bits per heavy atom. The Kier molecular flexibility index (Phi) is 6.00. The van der Waals surface area contributed by atoms with E-state index >= 15 is 0 Å². The molecule has 1 saturated heterocycles. The minimum Gasteiger partial charge on any atom is -0.393 e. The van der Waals surface area contributed by atoms with E-state index in [2.05, 4.69) is 31.9 Å². The number of ether oxygens (including phenoxy) is 2. The van der Waals surface area contributed by atoms with E-state index < -0.39 is 36.1 Å². The molecule has 0 unspecified atom stereocenters. The number of ketones is 1. The third-order valence-corrected chi connectivity index (χ3v) is 11.4. The second-order valence-corrected chi connectivity index (χ2v) is 13.2. The molecular weight excluding hydrogens is 511 g/mol. The number of allylic oxidation sites excluding steroid dienone is 1. The van der Waals surface area contributed by atoms with Crippen LogP contribution in [0.25, 0.3) is 11.8 Å². The maximum atomic E-state index is 13.6. The van der Waals surface area contributed by atoms with Crippen molar-refractivity contribution < 1.29 is 28.9 Å². The molecule has 214 valence electrons. The third kappa shape index (κ3) is 3.36. The number of carbonyl (C=O) groups is 1. The zero-order valence-corrected chi connectivity index (χ0v) is 23.5. The monoisotopic (exact) mass is 550 g/mol. The molecule has 2 heterocycles. The van der Waals surface area contributed by atoms with Crippen molar-refractivity contribution in [3.8, 4) is 5.69 Å². The SMILES string of the molecule is CCC[C@@H]1O[C@@H]2C[C@H]3[C@@H]4CCC5=Cc6c(cnn6-c6ccc(F)cc6)C[C@]5(C)[C@H]4[C@@H](O)C[C@]3(C)[C@]2(C(=O)CO)O1. The van der Waals surface area contributed by atoms with Crippen LogP contribution < -0.4 is 0 Å². The van der Waals surface area contributed by atoms with Crippen LogP contribution in [0.4, 0.5) is 4.39 Å². The first-order chi connectivity index (χ1) is 19.2. The highest BCUT2D eigenvalue weighted by atomic mass is 19.1. The van der Waals surface area contributed by atoms with Gasteiger partial charge in [0, 0.05) is 5.41 Å². The number of fused-ring (bicyclic) bond motifs is 8. The molecular formula is C32H39FN2O5. The van der Waals surface area contributed by atoms with Gasteiger partial charge in [-0.2, -0.15) is 5.10 Å². The Morgan fingerprint density at radius 3 is 2.75 bits per heavy atom. The lowest BCUT2D eigenvalue weighted by Crippen LogP contribution is -2.64. The molecule has 2 aromatic rings. The highest BCUT2D eigenvalue weighted by Gasteiger charge is 2.75. The van der Waals surface area contributed by atoms with Gasteiger partial charge in [-0.1, -0.05) is 32.8 Å². The molecule has 0 bridgehead atoms. The number of aliphatic hydroxyl groups excluding tert-OH is 2. The molecule has 1 aromatic heterocycles. The van der Waals surface area contributed by atoms with E-state index in [0.717, 1.165) is 42.6 Å². The molecule has 8 heteroatoms. The van der Waals surface area contributed by atoms with Gasteiger partial charge in [0.05, 0.1) is 29.8 Å². The predicted molar refractivity (Wildman–Crippen MR) is 146 cm³/mol. The molecule has 0 spiro atoms. The third-order valence-electron chi connectivity index (χ3n) is 11.4.